The van der Waals surface area contributed by atoms with Gasteiger partial charge in [-0.3, -0.25) is 5.73 Å². The zero-order chi connectivity index (χ0) is 9.73. The highest BCUT2D eigenvalue weighted by molar-refractivity contribution is 5.21. The first-order valence-electron chi connectivity index (χ1n) is 4.73. The predicted molar refractivity (Wildman–Crippen MR) is 54.6 cm³/mol. The fourth-order valence-electron chi connectivity index (χ4n) is 1.12. The van der Waals surface area contributed by atoms with E-state index in [1.54, 1.807) is 0 Å². The summed E-state index contributed by atoms with van der Waals surface area (Å²) in [5.74, 6) is 0.841. The van der Waals surface area contributed by atoms with E-state index in [-0.39, 0.29) is 0 Å². The van der Waals surface area contributed by atoms with Gasteiger partial charge in [-0.2, -0.15) is 0 Å². The number of rotatable bonds is 4. The van der Waals surface area contributed by atoms with Gasteiger partial charge in [0.15, 0.2) is 5.72 Å². The molecule has 0 unspecified atom stereocenters. The Hall–Kier alpha value is -1.02. The zero-order valence-electron chi connectivity index (χ0n) is 8.29. The average molecular weight is 179 g/mol. The highest BCUT2D eigenvalue weighted by Gasteiger charge is 2.21. The molecule has 0 atom stereocenters. The zero-order valence-corrected chi connectivity index (χ0v) is 8.29. The Labute approximate surface area is 79.7 Å². The van der Waals surface area contributed by atoms with Crippen molar-refractivity contribution in [2.75, 3.05) is 0 Å². The number of benzene rings is 1. The van der Waals surface area contributed by atoms with E-state index in [2.05, 4.69) is 0 Å². The molecule has 0 fully saturated rings. The molecule has 2 nitrogen and oxygen atoms in total. The van der Waals surface area contributed by atoms with Gasteiger partial charge >= 0.3 is 0 Å². The average Bonchev–Trinajstić information content (AvgIpc) is 2.19. The van der Waals surface area contributed by atoms with Gasteiger partial charge in [0.25, 0.3) is 0 Å². The monoisotopic (exact) mass is 179 g/mol. The molecule has 0 aromatic heterocycles. The van der Waals surface area contributed by atoms with Gasteiger partial charge in [-0.25, -0.2) is 0 Å². The summed E-state index contributed by atoms with van der Waals surface area (Å²) in [4.78, 5) is 0. The van der Waals surface area contributed by atoms with Crippen LogP contribution in [0.1, 0.15) is 26.7 Å². The van der Waals surface area contributed by atoms with E-state index >= 15 is 0 Å². The summed E-state index contributed by atoms with van der Waals surface area (Å²) < 4.78 is 5.68. The fraction of sp³-hybridized carbons (Fsp3) is 0.455. The Kier molecular flexibility index (Phi) is 3.32. The lowest BCUT2D eigenvalue weighted by Gasteiger charge is -2.27. The number of para-hydroxylation sites is 1. The molecule has 1 rings (SSSR count). The maximum absolute atomic E-state index is 6.01. The van der Waals surface area contributed by atoms with Crippen molar-refractivity contribution in [2.24, 2.45) is 5.73 Å². The van der Waals surface area contributed by atoms with E-state index < -0.39 is 5.72 Å². The van der Waals surface area contributed by atoms with Crippen molar-refractivity contribution >= 4 is 0 Å². The first-order valence-corrected chi connectivity index (χ1v) is 4.73. The lowest BCUT2D eigenvalue weighted by atomic mass is 10.1. The van der Waals surface area contributed by atoms with Gasteiger partial charge in [-0.15, -0.1) is 0 Å². The lowest BCUT2D eigenvalue weighted by molar-refractivity contribution is 0.0672. The molecule has 0 spiro atoms. The van der Waals surface area contributed by atoms with E-state index in [1.165, 1.54) is 0 Å². The molecule has 1 aromatic carbocycles. The van der Waals surface area contributed by atoms with Crippen molar-refractivity contribution in [3.8, 4) is 5.75 Å². The first kappa shape index (κ1) is 10.1. The Balaban J connectivity index is 2.68. The predicted octanol–water partition coefficient (Wildman–Crippen LogP) is 2.54. The fourth-order valence-corrected chi connectivity index (χ4v) is 1.12. The van der Waals surface area contributed by atoms with Crippen molar-refractivity contribution in [1.82, 2.24) is 0 Å². The van der Waals surface area contributed by atoms with Gasteiger partial charge in [0.1, 0.15) is 5.75 Å². The van der Waals surface area contributed by atoms with Gasteiger partial charge in [0.2, 0.25) is 0 Å². The van der Waals surface area contributed by atoms with Crippen LogP contribution in [-0.2, 0) is 0 Å². The summed E-state index contributed by atoms with van der Waals surface area (Å²) in [7, 11) is 0. The Morgan fingerprint density at radius 2 is 1.69 bits per heavy atom. The molecule has 2 N–H and O–H groups in total. The van der Waals surface area contributed by atoms with Crippen molar-refractivity contribution in [2.45, 2.75) is 32.4 Å². The number of ether oxygens (including phenoxy) is 1. The molecule has 0 aliphatic heterocycles. The largest absolute Gasteiger partial charge is 0.473 e. The molecular weight excluding hydrogens is 162 g/mol. The third kappa shape index (κ3) is 2.74. The summed E-state index contributed by atoms with van der Waals surface area (Å²) >= 11 is 0. The van der Waals surface area contributed by atoms with Crippen molar-refractivity contribution in [1.29, 1.82) is 0 Å². The van der Waals surface area contributed by atoms with E-state index in [0.717, 1.165) is 18.6 Å². The number of hydrogen-bond acceptors (Lipinski definition) is 2. The van der Waals surface area contributed by atoms with Crippen LogP contribution in [0.2, 0.25) is 0 Å². The molecule has 2 heteroatoms. The Bertz CT molecular complexity index is 242. The van der Waals surface area contributed by atoms with Crippen LogP contribution in [0.5, 0.6) is 5.75 Å². The van der Waals surface area contributed by atoms with E-state index in [1.807, 2.05) is 44.2 Å². The van der Waals surface area contributed by atoms with Gasteiger partial charge in [-0.05, 0) is 25.0 Å². The molecule has 72 valence electrons. The summed E-state index contributed by atoms with van der Waals surface area (Å²) in [6, 6.07) is 9.70. The standard InChI is InChI=1S/C11H17NO/c1-3-11(12,4-2)13-10-8-6-5-7-9-10/h5-9H,3-4,12H2,1-2H3. The molecular formula is C11H17NO. The van der Waals surface area contributed by atoms with Crippen LogP contribution in [0.3, 0.4) is 0 Å². The molecule has 0 heterocycles. The summed E-state index contributed by atoms with van der Waals surface area (Å²) in [5, 5.41) is 0. The van der Waals surface area contributed by atoms with Gasteiger partial charge in [0.05, 0.1) is 0 Å². The van der Waals surface area contributed by atoms with Crippen LogP contribution >= 0.6 is 0 Å². The minimum Gasteiger partial charge on any atom is -0.473 e. The van der Waals surface area contributed by atoms with Crippen molar-refractivity contribution < 1.29 is 4.74 Å². The second-order valence-corrected chi connectivity index (χ2v) is 3.19. The topological polar surface area (TPSA) is 35.2 Å². The normalized spacial score (nSPS) is 11.3. The highest BCUT2D eigenvalue weighted by Crippen LogP contribution is 2.19. The molecule has 0 aliphatic rings. The summed E-state index contributed by atoms with van der Waals surface area (Å²) in [6.45, 7) is 4.07. The summed E-state index contributed by atoms with van der Waals surface area (Å²) in [5.41, 5.74) is 5.49. The van der Waals surface area contributed by atoms with Crippen LogP contribution in [0.15, 0.2) is 30.3 Å². The first-order chi connectivity index (χ1) is 6.20. The molecule has 13 heavy (non-hydrogen) atoms. The van der Waals surface area contributed by atoms with Crippen LogP contribution in [0.25, 0.3) is 0 Å². The van der Waals surface area contributed by atoms with Crippen LogP contribution in [-0.4, -0.2) is 5.72 Å². The maximum Gasteiger partial charge on any atom is 0.158 e. The SMILES string of the molecule is CCC(N)(CC)Oc1ccccc1. The Morgan fingerprint density at radius 1 is 1.15 bits per heavy atom. The second-order valence-electron chi connectivity index (χ2n) is 3.19. The number of nitrogens with two attached hydrogens (primary N) is 1. The second kappa shape index (κ2) is 4.28. The highest BCUT2D eigenvalue weighted by atomic mass is 16.5. The molecule has 0 amide bonds. The van der Waals surface area contributed by atoms with E-state index in [4.69, 9.17) is 10.5 Å². The van der Waals surface area contributed by atoms with E-state index in [0.29, 0.717) is 0 Å². The molecule has 0 saturated heterocycles. The van der Waals surface area contributed by atoms with E-state index in [9.17, 15) is 0 Å². The molecule has 0 bridgehead atoms. The smallest absolute Gasteiger partial charge is 0.158 e. The van der Waals surface area contributed by atoms with Gasteiger partial charge < -0.3 is 4.74 Å². The number of hydrogen-bond donors (Lipinski definition) is 1. The van der Waals surface area contributed by atoms with Crippen molar-refractivity contribution in [3.63, 3.8) is 0 Å². The molecule has 0 radical (unpaired) electrons. The minimum absolute atomic E-state index is 0.513. The Morgan fingerprint density at radius 3 is 2.15 bits per heavy atom. The van der Waals surface area contributed by atoms with Crippen LogP contribution < -0.4 is 10.5 Å². The van der Waals surface area contributed by atoms with Crippen LogP contribution in [0.4, 0.5) is 0 Å². The van der Waals surface area contributed by atoms with Gasteiger partial charge in [0, 0.05) is 0 Å². The quantitative estimate of drug-likeness (QED) is 0.721. The third-order valence-electron chi connectivity index (χ3n) is 2.26. The summed E-state index contributed by atoms with van der Waals surface area (Å²) in [6.07, 6.45) is 1.64. The third-order valence-corrected chi connectivity index (χ3v) is 2.26. The molecule has 0 aliphatic carbocycles. The van der Waals surface area contributed by atoms with Gasteiger partial charge in [-0.1, -0.05) is 32.0 Å². The van der Waals surface area contributed by atoms with Crippen LogP contribution in [0, 0.1) is 0 Å². The maximum atomic E-state index is 6.01. The minimum atomic E-state index is -0.513. The van der Waals surface area contributed by atoms with Crippen molar-refractivity contribution in [3.05, 3.63) is 30.3 Å². The lowest BCUT2D eigenvalue weighted by Crippen LogP contribution is -2.44. The molecule has 0 saturated carbocycles. The molecule has 1 aromatic rings.